The molecule has 0 saturated heterocycles. The summed E-state index contributed by atoms with van der Waals surface area (Å²) in [4.78, 5) is 4.45. The van der Waals surface area contributed by atoms with Gasteiger partial charge in [0.15, 0.2) is 0 Å². The molecule has 0 spiro atoms. The third-order valence-corrected chi connectivity index (χ3v) is 3.24. The van der Waals surface area contributed by atoms with Gasteiger partial charge in [0.2, 0.25) is 0 Å². The largest absolute Gasteiger partial charge is 0.316 e. The molecule has 0 aliphatic rings. The zero-order valence-electron chi connectivity index (χ0n) is 10.7. The number of halogens is 1. The van der Waals surface area contributed by atoms with Gasteiger partial charge in [-0.1, -0.05) is 0 Å². The van der Waals surface area contributed by atoms with Crippen molar-refractivity contribution in [3.63, 3.8) is 0 Å². The molecule has 3 heteroatoms. The van der Waals surface area contributed by atoms with Crippen LogP contribution in [0.2, 0.25) is 0 Å². The highest BCUT2D eigenvalue weighted by Gasteiger charge is 2.10. The second-order valence-electron chi connectivity index (χ2n) is 4.45. The monoisotopic (exact) mass is 232 g/mol. The third kappa shape index (κ3) is 2.03. The molecule has 0 amide bonds. The number of fused-ring (bicyclic) bond motifs is 1. The number of aromatic nitrogens is 1. The summed E-state index contributed by atoms with van der Waals surface area (Å²) in [5.74, 6) is -0.191. The van der Waals surface area contributed by atoms with Crippen molar-refractivity contribution in [2.24, 2.45) is 0 Å². The van der Waals surface area contributed by atoms with E-state index in [0.717, 1.165) is 23.1 Å². The molecule has 1 aromatic carbocycles. The molecule has 90 valence electrons. The Balaban J connectivity index is 2.83. The summed E-state index contributed by atoms with van der Waals surface area (Å²) in [5, 5.41) is 4.20. The highest BCUT2D eigenvalue weighted by atomic mass is 19.1. The van der Waals surface area contributed by atoms with E-state index in [0.29, 0.717) is 5.56 Å². The first-order valence-corrected chi connectivity index (χ1v) is 5.75. The SMILES string of the molecule is CNCc1c(C)c(C)nc2cc(F)c(C)cc12. The highest BCUT2D eigenvalue weighted by molar-refractivity contribution is 5.84. The Kier molecular flexibility index (Phi) is 3.11. The molecule has 0 aliphatic heterocycles. The fourth-order valence-corrected chi connectivity index (χ4v) is 2.09. The molecule has 0 bridgehead atoms. The van der Waals surface area contributed by atoms with Gasteiger partial charge >= 0.3 is 0 Å². The van der Waals surface area contributed by atoms with Gasteiger partial charge in [0.25, 0.3) is 0 Å². The molecule has 2 nitrogen and oxygen atoms in total. The molecule has 2 rings (SSSR count). The van der Waals surface area contributed by atoms with Gasteiger partial charge in [-0.05, 0) is 50.6 Å². The summed E-state index contributed by atoms with van der Waals surface area (Å²) in [7, 11) is 1.91. The van der Waals surface area contributed by atoms with Crippen molar-refractivity contribution in [3.8, 4) is 0 Å². The summed E-state index contributed by atoms with van der Waals surface area (Å²) in [5.41, 5.74) is 4.75. The van der Waals surface area contributed by atoms with Crippen LogP contribution in [0.3, 0.4) is 0 Å². The highest BCUT2D eigenvalue weighted by Crippen LogP contribution is 2.25. The Morgan fingerprint density at radius 2 is 1.94 bits per heavy atom. The topological polar surface area (TPSA) is 24.9 Å². The van der Waals surface area contributed by atoms with Crippen LogP contribution in [-0.2, 0) is 6.54 Å². The summed E-state index contributed by atoms with van der Waals surface area (Å²) in [6.45, 7) is 6.59. The van der Waals surface area contributed by atoms with E-state index in [1.54, 1.807) is 6.92 Å². The van der Waals surface area contributed by atoms with E-state index >= 15 is 0 Å². The zero-order valence-corrected chi connectivity index (χ0v) is 10.7. The van der Waals surface area contributed by atoms with Crippen LogP contribution in [0.15, 0.2) is 12.1 Å². The second kappa shape index (κ2) is 4.41. The lowest BCUT2D eigenvalue weighted by Crippen LogP contribution is -2.09. The number of nitrogens with one attached hydrogen (secondary N) is 1. The first kappa shape index (κ1) is 12.0. The van der Waals surface area contributed by atoms with Crippen molar-refractivity contribution in [2.45, 2.75) is 27.3 Å². The summed E-state index contributed by atoms with van der Waals surface area (Å²) < 4.78 is 13.5. The predicted molar refractivity (Wildman–Crippen MR) is 68.7 cm³/mol. The quantitative estimate of drug-likeness (QED) is 0.861. The molecule has 0 atom stereocenters. The average Bonchev–Trinajstić information content (AvgIpc) is 2.28. The molecule has 0 saturated carbocycles. The van der Waals surface area contributed by atoms with Crippen molar-refractivity contribution in [1.29, 1.82) is 0 Å². The standard InChI is InChI=1S/C14H17FN2/c1-8-5-11-12(7-16-4)9(2)10(3)17-14(11)6-13(8)15/h5-6,16H,7H2,1-4H3. The molecule has 1 heterocycles. The zero-order chi connectivity index (χ0) is 12.6. The minimum atomic E-state index is -0.191. The van der Waals surface area contributed by atoms with Crippen LogP contribution >= 0.6 is 0 Å². The van der Waals surface area contributed by atoms with E-state index in [9.17, 15) is 4.39 Å². The molecule has 0 unspecified atom stereocenters. The van der Waals surface area contributed by atoms with E-state index in [-0.39, 0.29) is 5.82 Å². The predicted octanol–water partition coefficient (Wildman–Crippen LogP) is 3.02. The van der Waals surface area contributed by atoms with Crippen LogP contribution < -0.4 is 5.32 Å². The Morgan fingerprint density at radius 3 is 2.59 bits per heavy atom. The van der Waals surface area contributed by atoms with E-state index in [2.05, 4.69) is 17.2 Å². The van der Waals surface area contributed by atoms with Crippen molar-refractivity contribution in [3.05, 3.63) is 40.3 Å². The Bertz CT molecular complexity index is 571. The van der Waals surface area contributed by atoms with Crippen LogP contribution in [0.1, 0.15) is 22.4 Å². The maximum atomic E-state index is 13.5. The third-order valence-electron chi connectivity index (χ3n) is 3.24. The number of hydrogen-bond acceptors (Lipinski definition) is 2. The summed E-state index contributed by atoms with van der Waals surface area (Å²) in [6.07, 6.45) is 0. The van der Waals surface area contributed by atoms with Crippen molar-refractivity contribution < 1.29 is 4.39 Å². The molecule has 1 N–H and O–H groups in total. The minimum Gasteiger partial charge on any atom is -0.316 e. The van der Waals surface area contributed by atoms with Gasteiger partial charge in [-0.15, -0.1) is 0 Å². The average molecular weight is 232 g/mol. The number of pyridine rings is 1. The fourth-order valence-electron chi connectivity index (χ4n) is 2.09. The van der Waals surface area contributed by atoms with Gasteiger partial charge in [0.1, 0.15) is 5.82 Å². The molecule has 0 fully saturated rings. The number of nitrogens with zero attached hydrogens (tertiary/aromatic N) is 1. The van der Waals surface area contributed by atoms with Gasteiger partial charge in [0, 0.05) is 23.7 Å². The molecule has 0 radical (unpaired) electrons. The van der Waals surface area contributed by atoms with Crippen molar-refractivity contribution in [1.82, 2.24) is 10.3 Å². The number of rotatable bonds is 2. The van der Waals surface area contributed by atoms with Crippen molar-refractivity contribution in [2.75, 3.05) is 7.05 Å². The van der Waals surface area contributed by atoms with Crippen molar-refractivity contribution >= 4 is 10.9 Å². The molecule has 0 aliphatic carbocycles. The first-order valence-electron chi connectivity index (χ1n) is 5.75. The van der Waals surface area contributed by atoms with Crippen LogP contribution in [0, 0.1) is 26.6 Å². The van der Waals surface area contributed by atoms with Crippen LogP contribution in [0.5, 0.6) is 0 Å². The lowest BCUT2D eigenvalue weighted by atomic mass is 10.00. The maximum Gasteiger partial charge on any atom is 0.128 e. The minimum absolute atomic E-state index is 0.191. The number of aryl methyl sites for hydroxylation is 2. The molecular formula is C14H17FN2. The van der Waals surface area contributed by atoms with E-state index in [1.165, 1.54) is 17.2 Å². The summed E-state index contributed by atoms with van der Waals surface area (Å²) >= 11 is 0. The van der Waals surface area contributed by atoms with Gasteiger partial charge in [0.05, 0.1) is 5.52 Å². The normalized spacial score (nSPS) is 11.1. The van der Waals surface area contributed by atoms with E-state index in [4.69, 9.17) is 0 Å². The van der Waals surface area contributed by atoms with Crippen LogP contribution in [-0.4, -0.2) is 12.0 Å². The van der Waals surface area contributed by atoms with Crippen LogP contribution in [0.4, 0.5) is 4.39 Å². The fraction of sp³-hybridized carbons (Fsp3) is 0.357. The Labute approximate surface area is 101 Å². The molecule has 2 aromatic rings. The van der Waals surface area contributed by atoms with E-state index in [1.807, 2.05) is 20.0 Å². The Morgan fingerprint density at radius 1 is 1.24 bits per heavy atom. The lowest BCUT2D eigenvalue weighted by molar-refractivity contribution is 0.620. The van der Waals surface area contributed by atoms with Gasteiger partial charge in [-0.25, -0.2) is 4.39 Å². The smallest absolute Gasteiger partial charge is 0.128 e. The summed E-state index contributed by atoms with van der Waals surface area (Å²) in [6, 6.07) is 3.41. The van der Waals surface area contributed by atoms with Gasteiger partial charge in [-0.2, -0.15) is 0 Å². The lowest BCUT2D eigenvalue weighted by Gasteiger charge is -2.13. The Hall–Kier alpha value is -1.48. The molecular weight excluding hydrogens is 215 g/mol. The maximum absolute atomic E-state index is 13.5. The van der Waals surface area contributed by atoms with Gasteiger partial charge < -0.3 is 5.32 Å². The first-order chi connectivity index (χ1) is 8.04. The van der Waals surface area contributed by atoms with Crippen LogP contribution in [0.25, 0.3) is 10.9 Å². The van der Waals surface area contributed by atoms with E-state index < -0.39 is 0 Å². The second-order valence-corrected chi connectivity index (χ2v) is 4.45. The van der Waals surface area contributed by atoms with Gasteiger partial charge in [-0.3, -0.25) is 4.98 Å². The molecule has 17 heavy (non-hydrogen) atoms. The number of benzene rings is 1. The number of hydrogen-bond donors (Lipinski definition) is 1. The molecule has 1 aromatic heterocycles.